The number of morpholine rings is 1. The third-order valence-electron chi connectivity index (χ3n) is 4.58. The number of ether oxygens (including phenoxy) is 1. The highest BCUT2D eigenvalue weighted by atomic mass is 19.1. The van der Waals surface area contributed by atoms with E-state index in [1.54, 1.807) is 12.1 Å². The van der Waals surface area contributed by atoms with E-state index in [1.807, 2.05) is 13.1 Å². The Hall–Kier alpha value is -0.970. The molecule has 110 valence electrons. The molecule has 20 heavy (non-hydrogen) atoms. The molecule has 0 bridgehead atoms. The van der Waals surface area contributed by atoms with Crippen molar-refractivity contribution < 1.29 is 9.13 Å². The van der Waals surface area contributed by atoms with Crippen LogP contribution < -0.4 is 5.32 Å². The van der Waals surface area contributed by atoms with Crippen molar-refractivity contribution in [2.45, 2.75) is 37.5 Å². The molecule has 3 atom stereocenters. The summed E-state index contributed by atoms with van der Waals surface area (Å²) >= 11 is 0. The summed E-state index contributed by atoms with van der Waals surface area (Å²) < 4.78 is 19.3. The summed E-state index contributed by atoms with van der Waals surface area (Å²) in [6.45, 7) is 3.03. The highest BCUT2D eigenvalue weighted by Gasteiger charge is 2.35. The third-order valence-corrected chi connectivity index (χ3v) is 4.58. The summed E-state index contributed by atoms with van der Waals surface area (Å²) in [6.07, 6.45) is 3.55. The highest BCUT2D eigenvalue weighted by Crippen LogP contribution is 2.24. The molecule has 2 saturated heterocycles. The van der Waals surface area contributed by atoms with Gasteiger partial charge in [-0.2, -0.15) is 0 Å². The molecule has 2 aliphatic heterocycles. The summed E-state index contributed by atoms with van der Waals surface area (Å²) in [5.41, 5.74) is 1.02. The van der Waals surface area contributed by atoms with Gasteiger partial charge >= 0.3 is 0 Å². The molecule has 0 radical (unpaired) electrons. The Morgan fingerprint density at radius 2 is 2.40 bits per heavy atom. The second-order valence-electron chi connectivity index (χ2n) is 5.89. The number of hydrogen-bond donors (Lipinski definition) is 1. The minimum atomic E-state index is -0.165. The molecular weight excluding hydrogens is 255 g/mol. The lowest BCUT2D eigenvalue weighted by Crippen LogP contribution is -2.54. The number of halogens is 1. The lowest BCUT2D eigenvalue weighted by molar-refractivity contribution is -0.0634. The molecule has 0 aromatic heterocycles. The predicted molar refractivity (Wildman–Crippen MR) is 77.3 cm³/mol. The van der Waals surface area contributed by atoms with E-state index in [0.717, 1.165) is 25.1 Å². The summed E-state index contributed by atoms with van der Waals surface area (Å²) in [4.78, 5) is 2.55. The summed E-state index contributed by atoms with van der Waals surface area (Å²) in [7, 11) is 1.96. The van der Waals surface area contributed by atoms with Gasteiger partial charge in [-0.1, -0.05) is 12.1 Å². The average Bonchev–Trinajstić information content (AvgIpc) is 2.92. The number of hydrogen-bond acceptors (Lipinski definition) is 3. The van der Waals surface area contributed by atoms with Crippen molar-refractivity contribution in [3.63, 3.8) is 0 Å². The maximum atomic E-state index is 13.3. The van der Waals surface area contributed by atoms with E-state index in [1.165, 1.54) is 25.5 Å². The van der Waals surface area contributed by atoms with Gasteiger partial charge in [-0.25, -0.2) is 4.39 Å². The van der Waals surface area contributed by atoms with Crippen LogP contribution in [0.25, 0.3) is 0 Å². The fraction of sp³-hybridized carbons (Fsp3) is 0.625. The van der Waals surface area contributed by atoms with Crippen molar-refractivity contribution in [3.05, 3.63) is 35.6 Å². The minimum absolute atomic E-state index is 0.165. The monoisotopic (exact) mass is 278 g/mol. The second kappa shape index (κ2) is 6.20. The predicted octanol–water partition coefficient (Wildman–Crippen LogP) is 1.82. The summed E-state index contributed by atoms with van der Waals surface area (Å²) in [5.74, 6) is -0.165. The van der Waals surface area contributed by atoms with Crippen LogP contribution in [0.4, 0.5) is 4.39 Å². The standard InChI is InChI=1S/C16H23FN2O/c1-18-15(9-12-4-2-5-13(17)8-12)16-10-19-7-3-6-14(19)11-20-16/h2,4-5,8,14-16,18H,3,6-7,9-11H2,1H3. The van der Waals surface area contributed by atoms with Crippen molar-refractivity contribution in [2.24, 2.45) is 0 Å². The molecule has 3 nitrogen and oxygen atoms in total. The summed E-state index contributed by atoms with van der Waals surface area (Å²) in [6, 6.07) is 7.72. The quantitative estimate of drug-likeness (QED) is 0.909. The van der Waals surface area contributed by atoms with Crippen molar-refractivity contribution in [1.29, 1.82) is 0 Å². The van der Waals surface area contributed by atoms with Gasteiger partial charge < -0.3 is 10.1 Å². The Morgan fingerprint density at radius 1 is 1.50 bits per heavy atom. The van der Waals surface area contributed by atoms with Gasteiger partial charge in [0, 0.05) is 18.6 Å². The zero-order chi connectivity index (χ0) is 13.9. The Morgan fingerprint density at radius 3 is 3.20 bits per heavy atom. The molecule has 0 saturated carbocycles. The first-order valence-corrected chi connectivity index (χ1v) is 7.53. The van der Waals surface area contributed by atoms with Crippen LogP contribution in [-0.2, 0) is 11.2 Å². The molecule has 2 fully saturated rings. The van der Waals surface area contributed by atoms with Crippen LogP contribution in [0.1, 0.15) is 18.4 Å². The normalized spacial score (nSPS) is 28.3. The lowest BCUT2D eigenvalue weighted by atomic mass is 9.99. The van der Waals surface area contributed by atoms with Gasteiger partial charge in [-0.3, -0.25) is 4.90 Å². The van der Waals surface area contributed by atoms with Gasteiger partial charge in [0.15, 0.2) is 0 Å². The zero-order valence-corrected chi connectivity index (χ0v) is 12.0. The van der Waals surface area contributed by atoms with Crippen LogP contribution in [0.15, 0.2) is 24.3 Å². The van der Waals surface area contributed by atoms with Gasteiger partial charge in [0.1, 0.15) is 5.82 Å². The van der Waals surface area contributed by atoms with E-state index in [4.69, 9.17) is 4.74 Å². The molecule has 3 unspecified atom stereocenters. The van der Waals surface area contributed by atoms with E-state index in [-0.39, 0.29) is 18.0 Å². The first-order chi connectivity index (χ1) is 9.76. The molecule has 0 aliphatic carbocycles. The number of rotatable bonds is 4. The van der Waals surface area contributed by atoms with Gasteiger partial charge in [0.25, 0.3) is 0 Å². The van der Waals surface area contributed by atoms with Gasteiger partial charge in [0.05, 0.1) is 12.7 Å². The first-order valence-electron chi connectivity index (χ1n) is 7.53. The minimum Gasteiger partial charge on any atom is -0.374 e. The van der Waals surface area contributed by atoms with E-state index in [9.17, 15) is 4.39 Å². The molecule has 1 aromatic carbocycles. The number of benzene rings is 1. The van der Waals surface area contributed by atoms with Crippen LogP contribution in [0.5, 0.6) is 0 Å². The van der Waals surface area contributed by atoms with E-state index in [2.05, 4.69) is 10.2 Å². The fourth-order valence-corrected chi connectivity index (χ4v) is 3.42. The van der Waals surface area contributed by atoms with Crippen molar-refractivity contribution in [1.82, 2.24) is 10.2 Å². The SMILES string of the molecule is CNC(Cc1cccc(F)c1)C1CN2CCCC2CO1. The molecule has 0 spiro atoms. The highest BCUT2D eigenvalue weighted by molar-refractivity contribution is 5.18. The number of likely N-dealkylation sites (N-methyl/N-ethyl adjacent to an activating group) is 1. The summed E-state index contributed by atoms with van der Waals surface area (Å²) in [5, 5.41) is 3.35. The zero-order valence-electron chi connectivity index (χ0n) is 12.0. The van der Waals surface area contributed by atoms with Crippen LogP contribution in [0, 0.1) is 5.82 Å². The van der Waals surface area contributed by atoms with Crippen LogP contribution in [-0.4, -0.2) is 49.8 Å². The molecular formula is C16H23FN2O. The van der Waals surface area contributed by atoms with Crippen molar-refractivity contribution in [2.75, 3.05) is 26.7 Å². The average molecular weight is 278 g/mol. The molecule has 3 rings (SSSR count). The lowest BCUT2D eigenvalue weighted by Gasteiger charge is -2.38. The molecule has 0 amide bonds. The molecule has 1 aromatic rings. The van der Waals surface area contributed by atoms with Gasteiger partial charge in [-0.05, 0) is 50.6 Å². The number of nitrogens with zero attached hydrogens (tertiary/aromatic N) is 1. The number of nitrogens with one attached hydrogen (secondary N) is 1. The van der Waals surface area contributed by atoms with Crippen LogP contribution in [0.3, 0.4) is 0 Å². The Labute approximate surface area is 120 Å². The van der Waals surface area contributed by atoms with E-state index in [0.29, 0.717) is 6.04 Å². The fourth-order valence-electron chi connectivity index (χ4n) is 3.42. The Balaban J connectivity index is 1.64. The second-order valence-corrected chi connectivity index (χ2v) is 5.89. The van der Waals surface area contributed by atoms with Crippen LogP contribution >= 0.6 is 0 Å². The van der Waals surface area contributed by atoms with Crippen molar-refractivity contribution >= 4 is 0 Å². The smallest absolute Gasteiger partial charge is 0.123 e. The van der Waals surface area contributed by atoms with Gasteiger partial charge in [0.2, 0.25) is 0 Å². The van der Waals surface area contributed by atoms with E-state index >= 15 is 0 Å². The maximum Gasteiger partial charge on any atom is 0.123 e. The number of fused-ring (bicyclic) bond motifs is 1. The third kappa shape index (κ3) is 3.03. The Kier molecular flexibility index (Phi) is 4.34. The molecule has 1 N–H and O–H groups in total. The van der Waals surface area contributed by atoms with Crippen LogP contribution in [0.2, 0.25) is 0 Å². The first kappa shape index (κ1) is 14.0. The van der Waals surface area contributed by atoms with E-state index < -0.39 is 0 Å². The topological polar surface area (TPSA) is 24.5 Å². The molecule has 2 aliphatic rings. The molecule has 4 heteroatoms. The maximum absolute atomic E-state index is 13.3. The Bertz CT molecular complexity index is 454. The molecule has 2 heterocycles. The van der Waals surface area contributed by atoms with Crippen molar-refractivity contribution in [3.8, 4) is 0 Å². The van der Waals surface area contributed by atoms with Gasteiger partial charge in [-0.15, -0.1) is 0 Å². The largest absolute Gasteiger partial charge is 0.374 e.